The number of hydrogen-bond donors (Lipinski definition) is 2. The van der Waals surface area contributed by atoms with Gasteiger partial charge in [-0.3, -0.25) is 9.89 Å². The van der Waals surface area contributed by atoms with E-state index in [-0.39, 0.29) is 47.2 Å². The molecule has 1 unspecified atom stereocenters. The molecule has 0 aromatic heterocycles. The van der Waals surface area contributed by atoms with Crippen molar-refractivity contribution in [3.8, 4) is 0 Å². The maximum Gasteiger partial charge on any atom is 0.191 e. The number of morpholine rings is 1. The van der Waals surface area contributed by atoms with Crippen molar-refractivity contribution in [1.29, 1.82) is 0 Å². The molecule has 1 aromatic carbocycles. The van der Waals surface area contributed by atoms with E-state index in [1.54, 1.807) is 0 Å². The monoisotopic (exact) mass is 556 g/mol. The second-order valence-corrected chi connectivity index (χ2v) is 9.43. The topological polar surface area (TPSA) is 83.0 Å². The van der Waals surface area contributed by atoms with Gasteiger partial charge < -0.3 is 15.4 Å². The van der Waals surface area contributed by atoms with E-state index >= 15 is 0 Å². The number of nitrogens with one attached hydrogen (secondary N) is 2. The molecule has 30 heavy (non-hydrogen) atoms. The van der Waals surface area contributed by atoms with Crippen molar-refractivity contribution in [2.24, 2.45) is 10.9 Å². The van der Waals surface area contributed by atoms with Crippen molar-refractivity contribution < 1.29 is 17.5 Å². The molecule has 1 fully saturated rings. The maximum atomic E-state index is 13.8. The van der Waals surface area contributed by atoms with Crippen LogP contribution >= 0.6 is 24.0 Å². The standard InChI is InChI=1S/C20H33FN4O3S.HI/c1-4-22-20(24-15-18(16(2)3)25-10-12-28-13-11-25)23-9-14-29(26,27)19-8-6-5-7-17(19)21;/h5-8,16,18H,4,9-15H2,1-3H3,(H2,22,23,24);1H. The van der Waals surface area contributed by atoms with Crippen LogP contribution in [0.3, 0.4) is 0 Å². The van der Waals surface area contributed by atoms with E-state index in [9.17, 15) is 12.8 Å². The van der Waals surface area contributed by atoms with Crippen LogP contribution in [0.5, 0.6) is 0 Å². The van der Waals surface area contributed by atoms with Crippen LogP contribution in [0.4, 0.5) is 4.39 Å². The summed E-state index contributed by atoms with van der Waals surface area (Å²) in [5.74, 6) is 0.0600. The second kappa shape index (κ2) is 13.4. The Kier molecular flexibility index (Phi) is 12.1. The number of benzene rings is 1. The number of hydrogen-bond acceptors (Lipinski definition) is 5. The van der Waals surface area contributed by atoms with Crippen LogP contribution in [-0.4, -0.2) is 77.0 Å². The molecule has 0 aliphatic carbocycles. The SMILES string of the molecule is CCNC(=NCC(C(C)C)N1CCOCC1)NCCS(=O)(=O)c1ccccc1F.I. The zero-order valence-corrected chi connectivity index (χ0v) is 21.1. The van der Waals surface area contributed by atoms with Crippen LogP contribution in [0.15, 0.2) is 34.2 Å². The van der Waals surface area contributed by atoms with Crippen molar-refractivity contribution in [3.05, 3.63) is 30.1 Å². The Morgan fingerprint density at radius 1 is 1.23 bits per heavy atom. The average molecular weight is 556 g/mol. The number of nitrogens with zero attached hydrogens (tertiary/aromatic N) is 2. The summed E-state index contributed by atoms with van der Waals surface area (Å²) in [5, 5.41) is 6.20. The van der Waals surface area contributed by atoms with E-state index in [0.29, 0.717) is 25.0 Å². The van der Waals surface area contributed by atoms with E-state index in [4.69, 9.17) is 4.74 Å². The van der Waals surface area contributed by atoms with Gasteiger partial charge in [-0.15, -0.1) is 24.0 Å². The molecule has 0 amide bonds. The fraction of sp³-hybridized carbons (Fsp3) is 0.650. The molecular weight excluding hydrogens is 522 g/mol. The lowest BCUT2D eigenvalue weighted by molar-refractivity contribution is 0.00867. The molecule has 1 heterocycles. The third kappa shape index (κ3) is 8.27. The average Bonchev–Trinajstić information content (AvgIpc) is 2.68. The van der Waals surface area contributed by atoms with Crippen molar-refractivity contribution in [3.63, 3.8) is 0 Å². The first-order valence-corrected chi connectivity index (χ1v) is 11.8. The molecule has 0 saturated carbocycles. The van der Waals surface area contributed by atoms with Crippen molar-refractivity contribution in [1.82, 2.24) is 15.5 Å². The zero-order valence-electron chi connectivity index (χ0n) is 17.9. The summed E-state index contributed by atoms with van der Waals surface area (Å²) in [6.07, 6.45) is 0. The van der Waals surface area contributed by atoms with Gasteiger partial charge in [0.05, 0.1) is 25.5 Å². The van der Waals surface area contributed by atoms with Gasteiger partial charge >= 0.3 is 0 Å². The molecule has 1 aromatic rings. The Balaban J connectivity index is 0.00000450. The number of guanidine groups is 1. The summed E-state index contributed by atoms with van der Waals surface area (Å²) in [7, 11) is -3.71. The third-order valence-electron chi connectivity index (χ3n) is 4.90. The van der Waals surface area contributed by atoms with Gasteiger partial charge in [0.1, 0.15) is 10.7 Å². The highest BCUT2D eigenvalue weighted by Gasteiger charge is 2.24. The fourth-order valence-corrected chi connectivity index (χ4v) is 4.54. The summed E-state index contributed by atoms with van der Waals surface area (Å²) in [4.78, 5) is 6.79. The Hall–Kier alpha value is -0.980. The number of ether oxygens (including phenoxy) is 1. The molecule has 7 nitrogen and oxygen atoms in total. The lowest BCUT2D eigenvalue weighted by atomic mass is 10.0. The van der Waals surface area contributed by atoms with Gasteiger partial charge in [-0.2, -0.15) is 0 Å². The smallest absolute Gasteiger partial charge is 0.191 e. The molecule has 2 N–H and O–H groups in total. The number of sulfone groups is 1. The number of rotatable bonds is 9. The highest BCUT2D eigenvalue weighted by atomic mass is 127. The number of aliphatic imine (C=N–C) groups is 1. The van der Waals surface area contributed by atoms with Crippen LogP contribution in [0, 0.1) is 11.7 Å². The van der Waals surface area contributed by atoms with Crippen molar-refractivity contribution in [2.45, 2.75) is 31.7 Å². The van der Waals surface area contributed by atoms with Crippen LogP contribution < -0.4 is 10.6 Å². The quantitative estimate of drug-likeness (QED) is 0.276. The summed E-state index contributed by atoms with van der Waals surface area (Å²) < 4.78 is 44.0. The first-order valence-electron chi connectivity index (χ1n) is 10.2. The van der Waals surface area contributed by atoms with Crippen LogP contribution in [0.25, 0.3) is 0 Å². The minimum absolute atomic E-state index is 0. The van der Waals surface area contributed by atoms with Crippen LogP contribution in [-0.2, 0) is 14.6 Å². The van der Waals surface area contributed by atoms with Gasteiger partial charge in [-0.1, -0.05) is 26.0 Å². The minimum atomic E-state index is -3.71. The lowest BCUT2D eigenvalue weighted by Crippen LogP contribution is -2.48. The predicted octanol–water partition coefficient (Wildman–Crippen LogP) is 2.13. The summed E-state index contributed by atoms with van der Waals surface area (Å²) in [6.45, 7) is 11.0. The summed E-state index contributed by atoms with van der Waals surface area (Å²) >= 11 is 0. The van der Waals surface area contributed by atoms with Crippen LogP contribution in [0.2, 0.25) is 0 Å². The van der Waals surface area contributed by atoms with Gasteiger partial charge in [0, 0.05) is 32.2 Å². The fourth-order valence-electron chi connectivity index (χ4n) is 3.29. The maximum absolute atomic E-state index is 13.8. The first-order chi connectivity index (χ1) is 13.8. The van der Waals surface area contributed by atoms with Gasteiger partial charge in [-0.05, 0) is 25.0 Å². The molecule has 1 atom stereocenters. The molecule has 10 heteroatoms. The minimum Gasteiger partial charge on any atom is -0.379 e. The lowest BCUT2D eigenvalue weighted by Gasteiger charge is -2.36. The largest absolute Gasteiger partial charge is 0.379 e. The van der Waals surface area contributed by atoms with E-state index in [0.717, 1.165) is 32.4 Å². The molecule has 2 rings (SSSR count). The summed E-state index contributed by atoms with van der Waals surface area (Å²) in [5.41, 5.74) is 0. The number of halogens is 2. The Bertz CT molecular complexity index is 771. The van der Waals surface area contributed by atoms with Gasteiger partial charge in [-0.25, -0.2) is 12.8 Å². The third-order valence-corrected chi connectivity index (χ3v) is 6.64. The van der Waals surface area contributed by atoms with Crippen LogP contribution in [0.1, 0.15) is 20.8 Å². The normalized spacial score (nSPS) is 16.8. The molecule has 0 radical (unpaired) electrons. The van der Waals surface area contributed by atoms with Gasteiger partial charge in [0.25, 0.3) is 0 Å². The van der Waals surface area contributed by atoms with E-state index in [1.165, 1.54) is 18.2 Å². The summed E-state index contributed by atoms with van der Waals surface area (Å²) in [6, 6.07) is 5.73. The molecule has 0 spiro atoms. The molecule has 172 valence electrons. The molecule has 1 aliphatic heterocycles. The predicted molar refractivity (Wildman–Crippen MR) is 129 cm³/mol. The molecule has 1 aliphatic rings. The Labute approximate surface area is 196 Å². The van der Waals surface area contributed by atoms with Gasteiger partial charge in [0.15, 0.2) is 15.8 Å². The van der Waals surface area contributed by atoms with Crippen molar-refractivity contribution in [2.75, 3.05) is 51.7 Å². The van der Waals surface area contributed by atoms with Gasteiger partial charge in [0.2, 0.25) is 0 Å². The zero-order chi connectivity index (χ0) is 21.3. The molecular formula is C20H34FIN4O3S. The van der Waals surface area contributed by atoms with E-state index < -0.39 is 15.7 Å². The van der Waals surface area contributed by atoms with E-state index in [1.807, 2.05) is 6.92 Å². The Morgan fingerprint density at radius 3 is 2.50 bits per heavy atom. The highest BCUT2D eigenvalue weighted by Crippen LogP contribution is 2.15. The second-order valence-electron chi connectivity index (χ2n) is 7.36. The first kappa shape index (κ1) is 27.1. The molecule has 0 bridgehead atoms. The Morgan fingerprint density at radius 2 is 1.90 bits per heavy atom. The highest BCUT2D eigenvalue weighted by molar-refractivity contribution is 14.0. The van der Waals surface area contributed by atoms with Crippen molar-refractivity contribution >= 4 is 39.8 Å². The van der Waals surface area contributed by atoms with E-state index in [2.05, 4.69) is 34.4 Å². The molecule has 1 saturated heterocycles.